The molecule has 0 aliphatic carbocycles. The first kappa shape index (κ1) is 17.0. The predicted octanol–water partition coefficient (Wildman–Crippen LogP) is 2.19. The van der Waals surface area contributed by atoms with Gasteiger partial charge in [0.05, 0.1) is 12.2 Å². The van der Waals surface area contributed by atoms with E-state index in [1.165, 1.54) is 11.8 Å². The monoisotopic (exact) mass is 370 g/mol. The van der Waals surface area contributed by atoms with Crippen LogP contribution in [0.25, 0.3) is 11.3 Å². The maximum atomic E-state index is 12.7. The molecule has 1 atom stereocenters. The van der Waals surface area contributed by atoms with Gasteiger partial charge in [-0.25, -0.2) is 0 Å². The van der Waals surface area contributed by atoms with Crippen molar-refractivity contribution in [1.29, 1.82) is 0 Å². The lowest BCUT2D eigenvalue weighted by molar-refractivity contribution is 0.233. The molecule has 0 radical (unpaired) electrons. The van der Waals surface area contributed by atoms with Crippen molar-refractivity contribution in [2.24, 2.45) is 0 Å². The molecule has 2 heterocycles. The molecule has 0 saturated carbocycles. The molecule has 9 heteroatoms. The summed E-state index contributed by atoms with van der Waals surface area (Å²) < 4.78 is 41.1. The van der Waals surface area contributed by atoms with Gasteiger partial charge in [-0.15, -0.1) is 11.8 Å². The van der Waals surface area contributed by atoms with Crippen LogP contribution in [0.1, 0.15) is 23.3 Å². The van der Waals surface area contributed by atoms with Gasteiger partial charge in [-0.05, 0) is 13.0 Å². The normalized spacial score (nSPS) is 16.4. The largest absolute Gasteiger partial charge is 0.446 e. The van der Waals surface area contributed by atoms with Crippen LogP contribution in [0.4, 0.5) is 0 Å². The Hall–Kier alpha value is -1.81. The molecule has 1 unspecified atom stereocenters. The summed E-state index contributed by atoms with van der Waals surface area (Å²) in [5.41, 5.74) is 0.443. The smallest absolute Gasteiger partial charge is 0.300 e. The molecular weight excluding hydrogens is 356 g/mol. The highest BCUT2D eigenvalue weighted by Gasteiger charge is 2.30. The van der Waals surface area contributed by atoms with Crippen molar-refractivity contribution in [2.75, 3.05) is 5.94 Å². The van der Waals surface area contributed by atoms with Crippen LogP contribution in [0.3, 0.4) is 0 Å². The van der Waals surface area contributed by atoms with Crippen LogP contribution >= 0.6 is 11.8 Å². The van der Waals surface area contributed by atoms with Crippen LogP contribution in [-0.4, -0.2) is 24.0 Å². The molecule has 128 valence electrons. The van der Waals surface area contributed by atoms with Crippen LogP contribution in [0.5, 0.6) is 5.95 Å². The molecule has 0 spiro atoms. The first-order valence-corrected chi connectivity index (χ1v) is 9.45. The quantitative estimate of drug-likeness (QED) is 0.787. The summed E-state index contributed by atoms with van der Waals surface area (Å²) in [5.74, 6) is -1.20. The number of fused-ring (bicyclic) bond motifs is 3. The van der Waals surface area contributed by atoms with E-state index in [2.05, 4.69) is 0 Å². The molecule has 0 bridgehead atoms. The zero-order valence-corrected chi connectivity index (χ0v) is 14.2. The number of ether oxygens (including phenoxy) is 1. The highest BCUT2D eigenvalue weighted by molar-refractivity contribution is 7.99. The number of hydrogen-bond acceptors (Lipinski definition) is 7. The van der Waals surface area contributed by atoms with Gasteiger partial charge in [0.25, 0.3) is 5.95 Å². The van der Waals surface area contributed by atoms with E-state index in [0.717, 1.165) is 4.90 Å². The van der Waals surface area contributed by atoms with E-state index >= 15 is 0 Å². The van der Waals surface area contributed by atoms with E-state index in [-0.39, 0.29) is 16.6 Å². The Kier molecular flexibility index (Phi) is 4.43. The zero-order valence-electron chi connectivity index (χ0n) is 12.6. The van der Waals surface area contributed by atoms with E-state index in [4.69, 9.17) is 13.7 Å². The number of thioether (sulfide) groups is 1. The fourth-order valence-corrected chi connectivity index (χ4v) is 3.94. The molecule has 24 heavy (non-hydrogen) atoms. The van der Waals surface area contributed by atoms with E-state index in [0.29, 0.717) is 11.1 Å². The number of benzene rings is 1. The minimum absolute atomic E-state index is 0.177. The number of hydrogen-bond donors (Lipinski definition) is 2. The highest BCUT2D eigenvalue weighted by Crippen LogP contribution is 2.48. The SMILES string of the molecule is CC1Sc2ccccc2-c2oc(OCS(=O)(=O)O)c(CO)c(=O)c21. The summed E-state index contributed by atoms with van der Waals surface area (Å²) in [6.07, 6.45) is 0. The van der Waals surface area contributed by atoms with E-state index in [1.807, 2.05) is 19.1 Å². The van der Waals surface area contributed by atoms with Gasteiger partial charge in [-0.3, -0.25) is 9.35 Å². The summed E-state index contributed by atoms with van der Waals surface area (Å²) in [7, 11) is -4.42. The Bertz CT molecular complexity index is 947. The van der Waals surface area contributed by atoms with Gasteiger partial charge >= 0.3 is 10.1 Å². The molecule has 1 aliphatic heterocycles. The van der Waals surface area contributed by atoms with Gasteiger partial charge in [0.1, 0.15) is 11.3 Å². The average Bonchev–Trinajstić information content (AvgIpc) is 2.52. The summed E-state index contributed by atoms with van der Waals surface area (Å²) in [4.78, 5) is 13.6. The van der Waals surface area contributed by atoms with Gasteiger partial charge in [0.2, 0.25) is 5.94 Å². The van der Waals surface area contributed by atoms with Crippen molar-refractivity contribution in [2.45, 2.75) is 23.7 Å². The number of aliphatic hydroxyl groups excluding tert-OH is 1. The van der Waals surface area contributed by atoms with Crippen LogP contribution in [-0.2, 0) is 16.7 Å². The van der Waals surface area contributed by atoms with Crippen LogP contribution < -0.4 is 10.2 Å². The molecule has 7 nitrogen and oxygen atoms in total. The van der Waals surface area contributed by atoms with Gasteiger partial charge in [-0.2, -0.15) is 8.42 Å². The van der Waals surface area contributed by atoms with E-state index < -0.39 is 34.0 Å². The second-order valence-corrected chi connectivity index (χ2v) is 7.98. The second kappa shape index (κ2) is 6.25. The van der Waals surface area contributed by atoms with Gasteiger partial charge < -0.3 is 14.3 Å². The molecule has 3 rings (SSSR count). The summed E-state index contributed by atoms with van der Waals surface area (Å²) in [6, 6.07) is 7.32. The van der Waals surface area contributed by atoms with Gasteiger partial charge in [0, 0.05) is 15.7 Å². The lowest BCUT2D eigenvalue weighted by Gasteiger charge is -2.24. The standard InChI is InChI=1S/C15H14O7S2/c1-8-12-13(17)10(6-16)15(21-7-24(18,19)20)22-14(12)9-4-2-3-5-11(9)23-8/h2-5,8,16H,6-7H2,1H3,(H,18,19,20). The van der Waals surface area contributed by atoms with Crippen molar-refractivity contribution >= 4 is 21.9 Å². The third-order valence-corrected chi connectivity index (χ3v) is 5.16. The van der Waals surface area contributed by atoms with Gasteiger partial charge in [0.15, 0.2) is 5.43 Å². The average molecular weight is 370 g/mol. The fraction of sp³-hybridized carbons (Fsp3) is 0.267. The molecule has 1 aliphatic rings. The van der Waals surface area contributed by atoms with Gasteiger partial charge in [-0.1, -0.05) is 18.2 Å². The molecule has 1 aromatic carbocycles. The van der Waals surface area contributed by atoms with Crippen molar-refractivity contribution in [3.05, 3.63) is 45.6 Å². The van der Waals surface area contributed by atoms with Crippen LogP contribution in [0, 0.1) is 0 Å². The van der Waals surface area contributed by atoms with Crippen molar-refractivity contribution in [3.63, 3.8) is 0 Å². The molecule has 1 aromatic heterocycles. The number of rotatable bonds is 4. The highest BCUT2D eigenvalue weighted by atomic mass is 32.2. The van der Waals surface area contributed by atoms with Crippen molar-refractivity contribution in [1.82, 2.24) is 0 Å². The maximum absolute atomic E-state index is 12.7. The molecular formula is C15H14O7S2. The van der Waals surface area contributed by atoms with E-state index in [9.17, 15) is 18.3 Å². The predicted molar refractivity (Wildman–Crippen MR) is 87.7 cm³/mol. The lowest BCUT2D eigenvalue weighted by Crippen LogP contribution is -2.21. The van der Waals surface area contributed by atoms with Crippen molar-refractivity contribution in [3.8, 4) is 17.3 Å². The summed E-state index contributed by atoms with van der Waals surface area (Å²) >= 11 is 1.49. The Morgan fingerprint density at radius 2 is 2.04 bits per heavy atom. The van der Waals surface area contributed by atoms with E-state index in [1.54, 1.807) is 12.1 Å². The molecule has 2 N–H and O–H groups in total. The Morgan fingerprint density at radius 3 is 2.71 bits per heavy atom. The Balaban J connectivity index is 2.21. The summed E-state index contributed by atoms with van der Waals surface area (Å²) in [6.45, 7) is 1.17. The first-order valence-electron chi connectivity index (χ1n) is 6.96. The Labute approximate surface area is 142 Å². The molecule has 2 aromatic rings. The number of aliphatic hydroxyl groups is 1. The molecule has 0 amide bonds. The Morgan fingerprint density at radius 1 is 1.33 bits per heavy atom. The minimum atomic E-state index is -4.42. The third kappa shape index (κ3) is 3.07. The minimum Gasteiger partial charge on any atom is -0.446 e. The zero-order chi connectivity index (χ0) is 17.5. The topological polar surface area (TPSA) is 114 Å². The first-order chi connectivity index (χ1) is 11.3. The van der Waals surface area contributed by atoms with Crippen LogP contribution in [0.15, 0.2) is 38.4 Å². The van der Waals surface area contributed by atoms with Crippen LogP contribution in [0.2, 0.25) is 0 Å². The molecule has 0 saturated heterocycles. The summed E-state index contributed by atoms with van der Waals surface area (Å²) in [5, 5.41) is 9.25. The molecule has 0 fully saturated rings. The van der Waals surface area contributed by atoms with Crippen molar-refractivity contribution < 1.29 is 27.2 Å². The second-order valence-electron chi connectivity index (χ2n) is 5.20. The fourth-order valence-electron chi connectivity index (χ4n) is 2.52. The third-order valence-electron chi connectivity index (χ3n) is 3.54. The lowest BCUT2D eigenvalue weighted by atomic mass is 10.0. The maximum Gasteiger partial charge on any atom is 0.300 e.